The van der Waals surface area contributed by atoms with Crippen LogP contribution in [0.4, 0.5) is 0 Å². The zero-order valence-electron chi connectivity index (χ0n) is 6.55. The first-order valence-corrected chi connectivity index (χ1v) is 4.51. The zero-order chi connectivity index (χ0) is 7.59. The summed E-state index contributed by atoms with van der Waals surface area (Å²) < 4.78 is 0. The maximum Gasteiger partial charge on any atom is 0.143 e. The second-order valence-corrected chi connectivity index (χ2v) is 4.24. The van der Waals surface area contributed by atoms with Crippen molar-refractivity contribution in [1.29, 1.82) is 0 Å². The summed E-state index contributed by atoms with van der Waals surface area (Å²) in [4.78, 5) is 11.6. The van der Waals surface area contributed by atoms with Crippen molar-refractivity contribution in [1.82, 2.24) is 0 Å². The lowest BCUT2D eigenvalue weighted by Crippen LogP contribution is -2.34. The molecule has 4 aliphatic rings. The number of carbonyl (C=O) groups excluding carboxylic acids is 1. The van der Waals surface area contributed by atoms with Crippen molar-refractivity contribution in [3.63, 3.8) is 0 Å². The molecule has 0 aromatic rings. The van der Waals surface area contributed by atoms with Gasteiger partial charge >= 0.3 is 0 Å². The van der Waals surface area contributed by atoms with E-state index in [-0.39, 0.29) is 0 Å². The van der Waals surface area contributed by atoms with Gasteiger partial charge in [0.2, 0.25) is 0 Å². The predicted molar refractivity (Wildman–Crippen MR) is 42.0 cm³/mol. The molecule has 1 heteroatoms. The van der Waals surface area contributed by atoms with Gasteiger partial charge in [-0.15, -0.1) is 0 Å². The Labute approximate surface area is 66.5 Å². The third-order valence-electron chi connectivity index (χ3n) is 3.91. The molecule has 58 valence electrons. The van der Waals surface area contributed by atoms with E-state index in [2.05, 4.69) is 6.58 Å². The van der Waals surface area contributed by atoms with Gasteiger partial charge in [-0.3, -0.25) is 4.79 Å². The molecule has 4 bridgehead atoms. The summed E-state index contributed by atoms with van der Waals surface area (Å²) in [6.07, 6.45) is 3.72. The van der Waals surface area contributed by atoms with Crippen LogP contribution in [0.3, 0.4) is 0 Å². The quantitative estimate of drug-likeness (QED) is 0.479. The molecule has 4 atom stereocenters. The first-order chi connectivity index (χ1) is 5.29. The normalized spacial score (nSPS) is 52.7. The smallest absolute Gasteiger partial charge is 0.143 e. The average Bonchev–Trinajstić information content (AvgIpc) is 2.38. The Bertz CT molecular complexity index is 238. The van der Waals surface area contributed by atoms with Gasteiger partial charge in [-0.25, -0.2) is 0 Å². The van der Waals surface area contributed by atoms with Crippen LogP contribution < -0.4 is 0 Å². The molecule has 0 aromatic heterocycles. The molecule has 11 heavy (non-hydrogen) atoms. The lowest BCUT2D eigenvalue weighted by Gasteiger charge is -2.32. The summed E-state index contributed by atoms with van der Waals surface area (Å²) in [6, 6.07) is 0. The lowest BCUT2D eigenvalue weighted by atomic mass is 9.70. The molecule has 0 amide bonds. The highest BCUT2D eigenvalue weighted by atomic mass is 16.1. The summed E-state index contributed by atoms with van der Waals surface area (Å²) in [5, 5.41) is 0. The van der Waals surface area contributed by atoms with Crippen molar-refractivity contribution in [3.05, 3.63) is 12.2 Å². The molecule has 4 rings (SSSR count). The molecule has 0 saturated heterocycles. The molecule has 0 aliphatic heterocycles. The maximum absolute atomic E-state index is 11.6. The number of allylic oxidation sites excluding steroid dienone is 1. The third kappa shape index (κ3) is 0.492. The van der Waals surface area contributed by atoms with Gasteiger partial charge in [0.25, 0.3) is 0 Å². The van der Waals surface area contributed by atoms with Crippen LogP contribution in [-0.2, 0) is 4.79 Å². The molecule has 4 unspecified atom stereocenters. The Morgan fingerprint density at radius 3 is 2.55 bits per heavy atom. The molecule has 0 radical (unpaired) electrons. The summed E-state index contributed by atoms with van der Waals surface area (Å²) in [5.74, 6) is 2.54. The van der Waals surface area contributed by atoms with Crippen molar-refractivity contribution < 1.29 is 4.79 Å². The second-order valence-electron chi connectivity index (χ2n) is 4.24. The van der Waals surface area contributed by atoms with Crippen molar-refractivity contribution in [2.24, 2.45) is 23.7 Å². The minimum absolute atomic E-state index is 0.304. The van der Waals surface area contributed by atoms with Crippen LogP contribution in [0.15, 0.2) is 12.2 Å². The van der Waals surface area contributed by atoms with Crippen molar-refractivity contribution >= 4 is 5.78 Å². The second kappa shape index (κ2) is 1.60. The molecular formula is C10H12O. The highest BCUT2D eigenvalue weighted by molar-refractivity contribution is 5.92. The van der Waals surface area contributed by atoms with Crippen LogP contribution in [0.1, 0.15) is 19.3 Å². The molecular weight excluding hydrogens is 136 g/mol. The number of Topliss-reactive ketones (excluding diaryl/α,β-unsaturated/α-hetero) is 1. The van der Waals surface area contributed by atoms with E-state index < -0.39 is 0 Å². The molecule has 0 spiro atoms. The number of fused-ring (bicyclic) bond motifs is 1. The monoisotopic (exact) mass is 148 g/mol. The van der Waals surface area contributed by atoms with Gasteiger partial charge in [0.15, 0.2) is 0 Å². The minimum Gasteiger partial charge on any atom is -0.299 e. The number of rotatable bonds is 0. The van der Waals surface area contributed by atoms with E-state index >= 15 is 0 Å². The van der Waals surface area contributed by atoms with Gasteiger partial charge < -0.3 is 0 Å². The van der Waals surface area contributed by atoms with Gasteiger partial charge in [0, 0.05) is 11.8 Å². The van der Waals surface area contributed by atoms with Crippen LogP contribution in [0.25, 0.3) is 0 Å². The van der Waals surface area contributed by atoms with Gasteiger partial charge in [-0.05, 0) is 31.1 Å². The molecule has 4 saturated carbocycles. The van der Waals surface area contributed by atoms with Crippen LogP contribution in [0.5, 0.6) is 0 Å². The van der Waals surface area contributed by atoms with E-state index in [4.69, 9.17) is 0 Å². The third-order valence-corrected chi connectivity index (χ3v) is 3.91. The summed E-state index contributed by atoms with van der Waals surface area (Å²) in [5.41, 5.74) is 1.28. The molecule has 4 fully saturated rings. The van der Waals surface area contributed by atoms with Crippen molar-refractivity contribution in [3.8, 4) is 0 Å². The highest BCUT2D eigenvalue weighted by Crippen LogP contribution is 2.59. The minimum atomic E-state index is 0.304. The highest BCUT2D eigenvalue weighted by Gasteiger charge is 2.57. The number of hydrogen-bond donors (Lipinski definition) is 0. The zero-order valence-corrected chi connectivity index (χ0v) is 6.55. The lowest BCUT2D eigenvalue weighted by molar-refractivity contribution is -0.130. The van der Waals surface area contributed by atoms with E-state index in [1.165, 1.54) is 18.4 Å². The van der Waals surface area contributed by atoms with Gasteiger partial charge in [-0.1, -0.05) is 12.2 Å². The van der Waals surface area contributed by atoms with E-state index in [0.29, 0.717) is 29.5 Å². The predicted octanol–water partition coefficient (Wildman–Crippen LogP) is 1.79. The number of ketones is 1. The topological polar surface area (TPSA) is 17.1 Å². The number of hydrogen-bond acceptors (Lipinski definition) is 1. The first kappa shape index (κ1) is 5.99. The molecule has 0 heterocycles. The maximum atomic E-state index is 11.6. The fourth-order valence-electron chi connectivity index (χ4n) is 3.44. The Morgan fingerprint density at radius 2 is 2.09 bits per heavy atom. The average molecular weight is 148 g/mol. The van der Waals surface area contributed by atoms with Gasteiger partial charge in [0.1, 0.15) is 5.78 Å². The molecule has 0 N–H and O–H groups in total. The Kier molecular flexibility index (Phi) is 0.869. The van der Waals surface area contributed by atoms with Crippen LogP contribution in [0.2, 0.25) is 0 Å². The fourth-order valence-corrected chi connectivity index (χ4v) is 3.44. The SMILES string of the molecule is C=C1C2CC3CCC2C(=O)C13. The largest absolute Gasteiger partial charge is 0.299 e. The molecule has 4 aliphatic carbocycles. The Hall–Kier alpha value is -0.590. The van der Waals surface area contributed by atoms with Crippen molar-refractivity contribution in [2.45, 2.75) is 19.3 Å². The summed E-state index contributed by atoms with van der Waals surface area (Å²) >= 11 is 0. The Morgan fingerprint density at radius 1 is 1.27 bits per heavy atom. The van der Waals surface area contributed by atoms with Gasteiger partial charge in [0.05, 0.1) is 0 Å². The van der Waals surface area contributed by atoms with Gasteiger partial charge in [-0.2, -0.15) is 0 Å². The Balaban J connectivity index is 2.15. The summed E-state index contributed by atoms with van der Waals surface area (Å²) in [6.45, 7) is 4.05. The van der Waals surface area contributed by atoms with Crippen LogP contribution in [-0.4, -0.2) is 5.78 Å². The number of carbonyl (C=O) groups is 1. The van der Waals surface area contributed by atoms with E-state index in [1.54, 1.807) is 0 Å². The van der Waals surface area contributed by atoms with E-state index in [0.717, 1.165) is 6.42 Å². The van der Waals surface area contributed by atoms with Crippen molar-refractivity contribution in [2.75, 3.05) is 0 Å². The van der Waals surface area contributed by atoms with Crippen LogP contribution >= 0.6 is 0 Å². The molecule has 0 aromatic carbocycles. The van der Waals surface area contributed by atoms with E-state index in [1.807, 2.05) is 0 Å². The first-order valence-electron chi connectivity index (χ1n) is 4.51. The molecule has 1 nitrogen and oxygen atoms in total. The standard InChI is InChI=1S/C10H12O/c1-5-8-4-6-2-3-7(8)10(11)9(5)6/h6-9H,1-4H2. The van der Waals surface area contributed by atoms with E-state index in [9.17, 15) is 4.79 Å². The fraction of sp³-hybridized carbons (Fsp3) is 0.700. The summed E-state index contributed by atoms with van der Waals surface area (Å²) in [7, 11) is 0. The van der Waals surface area contributed by atoms with Crippen LogP contribution in [0, 0.1) is 23.7 Å².